The van der Waals surface area contributed by atoms with E-state index in [0.29, 0.717) is 0 Å². The van der Waals surface area contributed by atoms with Gasteiger partial charge in [-0.15, -0.1) is 4.90 Å². The van der Waals surface area contributed by atoms with Gasteiger partial charge in [0.05, 0.1) is 0 Å². The molecule has 0 aromatic carbocycles. The van der Waals surface area contributed by atoms with Gasteiger partial charge in [-0.25, -0.2) is 0 Å². The minimum atomic E-state index is -6.87. The summed E-state index contributed by atoms with van der Waals surface area (Å²) in [5, 5.41) is 0. The molecule has 0 aromatic heterocycles. The van der Waals surface area contributed by atoms with Crippen LogP contribution in [0.1, 0.15) is 0 Å². The van der Waals surface area contributed by atoms with Gasteiger partial charge >= 0.3 is 34.8 Å². The number of hydrogen-bond acceptors (Lipinski definition) is 2. The Balaban J connectivity index is 3.76. The molecule has 1 fully saturated rings. The molecule has 22 heavy (non-hydrogen) atoms. The van der Waals surface area contributed by atoms with Crippen LogP contribution in [0.5, 0.6) is 0 Å². The average molecular weight is 415 g/mol. The molecule has 0 aliphatic carbocycles. The first-order valence-corrected chi connectivity index (χ1v) is 5.59. The third-order valence-electron chi connectivity index (χ3n) is 2.43. The Morgan fingerprint density at radius 3 is 1.36 bits per heavy atom. The molecule has 1 aliphatic heterocycles. The van der Waals surface area contributed by atoms with Crippen molar-refractivity contribution < 1.29 is 48.3 Å². The molecule has 0 aromatic rings. The molecule has 1 rings (SSSR count). The van der Waals surface area contributed by atoms with Crippen LogP contribution in [0.4, 0.5) is 48.3 Å². The highest BCUT2D eigenvalue weighted by Crippen LogP contribution is 2.64. The van der Waals surface area contributed by atoms with Crippen LogP contribution in [0.15, 0.2) is 0 Å². The lowest BCUT2D eigenvalue weighted by molar-refractivity contribution is -0.396. The normalized spacial score (nSPS) is 30.8. The molecule has 0 amide bonds. The van der Waals surface area contributed by atoms with E-state index in [2.05, 4.69) is 35.0 Å². The Hall–Kier alpha value is 0.0200. The lowest BCUT2D eigenvalue weighted by Crippen LogP contribution is -2.69. The van der Waals surface area contributed by atoms with Gasteiger partial charge in [0.25, 0.3) is 0 Å². The molecule has 132 valence electrons. The van der Waals surface area contributed by atoms with Crippen LogP contribution in [0.3, 0.4) is 0 Å². The maximum atomic E-state index is 13.8. The molecule has 2 nitrogen and oxygen atoms in total. The minimum Gasteiger partial charge on any atom is -0.199 e. The summed E-state index contributed by atoms with van der Waals surface area (Å²) < 4.78 is 135. The van der Waals surface area contributed by atoms with Gasteiger partial charge in [-0.1, -0.05) is 27.6 Å². The Labute approximate surface area is 128 Å². The molecule has 1 unspecified atom stereocenters. The average Bonchev–Trinajstić information content (AvgIpc) is 2.33. The van der Waals surface area contributed by atoms with Crippen molar-refractivity contribution in [2.75, 3.05) is 0 Å². The van der Waals surface area contributed by atoms with Crippen molar-refractivity contribution in [1.82, 2.24) is 9.32 Å². The number of halogens is 14. The predicted octanol–water partition coefficient (Wildman–Crippen LogP) is 4.82. The van der Waals surface area contributed by atoms with Crippen molar-refractivity contribution in [2.45, 2.75) is 34.8 Å². The van der Waals surface area contributed by atoms with Crippen LogP contribution in [0, 0.1) is 0 Å². The Kier molecular flexibility index (Phi) is 4.35. The van der Waals surface area contributed by atoms with Crippen LogP contribution in [-0.2, 0) is 0 Å². The van der Waals surface area contributed by atoms with Gasteiger partial charge in [0.2, 0.25) is 0 Å². The first-order chi connectivity index (χ1) is 9.27. The molecule has 0 saturated carbocycles. The van der Waals surface area contributed by atoms with E-state index in [1.807, 2.05) is 0 Å². The topological polar surface area (TPSA) is 6.48 Å². The number of rotatable bonds is 2. The van der Waals surface area contributed by atoms with Crippen LogP contribution < -0.4 is 0 Å². The SMILES string of the molecule is FC(F)(F)C1(F)N(Cl)C(F)(F)C(F)(F)N1C(F)(F)C(F)(Cl)Cl. The minimum absolute atomic E-state index is 2.55. The highest BCUT2D eigenvalue weighted by Gasteiger charge is 2.92. The predicted molar refractivity (Wildman–Crippen MR) is 49.8 cm³/mol. The zero-order valence-electron chi connectivity index (χ0n) is 9.19. The summed E-state index contributed by atoms with van der Waals surface area (Å²) in [5.74, 6) is -6.41. The summed E-state index contributed by atoms with van der Waals surface area (Å²) in [7, 11) is 0. The smallest absolute Gasteiger partial charge is 0.199 e. The van der Waals surface area contributed by atoms with E-state index < -0.39 is 44.1 Å². The van der Waals surface area contributed by atoms with Gasteiger partial charge < -0.3 is 0 Å². The number of hydrogen-bond donors (Lipinski definition) is 0. The van der Waals surface area contributed by atoms with E-state index in [1.54, 1.807) is 0 Å². The van der Waals surface area contributed by atoms with Gasteiger partial charge in [0.15, 0.2) is 0 Å². The fourth-order valence-electron chi connectivity index (χ4n) is 1.44. The molecule has 1 atom stereocenters. The molecular formula is C6Cl3F11N2. The highest BCUT2D eigenvalue weighted by molar-refractivity contribution is 6.47. The Bertz CT molecular complexity index is 452. The number of alkyl halides is 13. The number of nitrogens with zero attached hydrogens (tertiary/aromatic N) is 2. The summed E-state index contributed by atoms with van der Waals surface area (Å²) >= 11 is 12.3. The molecule has 0 spiro atoms. The first-order valence-electron chi connectivity index (χ1n) is 4.49. The maximum absolute atomic E-state index is 13.8. The van der Waals surface area contributed by atoms with Crippen LogP contribution >= 0.6 is 35.0 Å². The van der Waals surface area contributed by atoms with E-state index in [0.717, 1.165) is 0 Å². The van der Waals surface area contributed by atoms with Gasteiger partial charge in [-0.05, 0) is 11.8 Å². The van der Waals surface area contributed by atoms with Gasteiger partial charge in [-0.2, -0.15) is 48.3 Å². The van der Waals surface area contributed by atoms with Crippen molar-refractivity contribution in [3.05, 3.63) is 0 Å². The quantitative estimate of drug-likeness (QED) is 0.276. The van der Waals surface area contributed by atoms with Gasteiger partial charge in [-0.3, -0.25) is 0 Å². The third-order valence-corrected chi connectivity index (χ3v) is 3.32. The molecule has 16 heteroatoms. The zero-order valence-corrected chi connectivity index (χ0v) is 11.5. The van der Waals surface area contributed by atoms with Gasteiger partial charge in [0, 0.05) is 0 Å². The van der Waals surface area contributed by atoms with Crippen molar-refractivity contribution in [3.63, 3.8) is 0 Å². The second-order valence-corrected chi connectivity index (χ2v) is 5.40. The summed E-state index contributed by atoms with van der Waals surface area (Å²) in [5.41, 5.74) is 0. The largest absolute Gasteiger partial charge is 0.453 e. The lowest BCUT2D eigenvalue weighted by atomic mass is 10.3. The fraction of sp³-hybridized carbons (Fsp3) is 1.00. The van der Waals surface area contributed by atoms with Gasteiger partial charge in [0.1, 0.15) is 0 Å². The molecule has 1 heterocycles. The summed E-state index contributed by atoms with van der Waals surface area (Å²) in [6.07, 6.45) is -6.87. The fourth-order valence-corrected chi connectivity index (χ4v) is 1.88. The van der Waals surface area contributed by atoms with E-state index in [1.165, 1.54) is 0 Å². The van der Waals surface area contributed by atoms with Crippen LogP contribution in [0.2, 0.25) is 0 Å². The lowest BCUT2D eigenvalue weighted by Gasteiger charge is -2.40. The Morgan fingerprint density at radius 2 is 1.09 bits per heavy atom. The van der Waals surface area contributed by atoms with Crippen molar-refractivity contribution >= 4 is 35.0 Å². The standard InChI is InChI=1S/C6Cl3F11N2/c7-1(8,10)3(14,15)21-4(16,17)5(18,19)22(9)6(21,20)2(11,12)13. The summed E-state index contributed by atoms with van der Waals surface area (Å²) in [4.78, 5) is -3.17. The van der Waals surface area contributed by atoms with Crippen molar-refractivity contribution in [2.24, 2.45) is 0 Å². The summed E-state index contributed by atoms with van der Waals surface area (Å²) in [6, 6.07) is -19.5. The van der Waals surface area contributed by atoms with Crippen LogP contribution in [-0.4, -0.2) is 44.1 Å². The molecule has 0 radical (unpaired) electrons. The molecular weight excluding hydrogens is 415 g/mol. The van der Waals surface area contributed by atoms with Crippen LogP contribution in [0.25, 0.3) is 0 Å². The van der Waals surface area contributed by atoms with E-state index in [4.69, 9.17) is 0 Å². The first kappa shape index (κ1) is 20.1. The van der Waals surface area contributed by atoms with Crippen molar-refractivity contribution in [1.29, 1.82) is 0 Å². The van der Waals surface area contributed by atoms with Crippen molar-refractivity contribution in [3.8, 4) is 0 Å². The second-order valence-electron chi connectivity index (χ2n) is 3.82. The molecule has 0 bridgehead atoms. The van der Waals surface area contributed by atoms with E-state index >= 15 is 0 Å². The molecule has 0 N–H and O–H groups in total. The molecule has 1 saturated heterocycles. The summed E-state index contributed by atoms with van der Waals surface area (Å²) in [6.45, 7) is 0. The van der Waals surface area contributed by atoms with E-state index in [-0.39, 0.29) is 0 Å². The second kappa shape index (κ2) is 4.77. The highest BCUT2D eigenvalue weighted by atomic mass is 35.5. The van der Waals surface area contributed by atoms with E-state index in [9.17, 15) is 48.3 Å². The third kappa shape index (κ3) is 2.23. The molecule has 1 aliphatic rings. The monoisotopic (exact) mass is 414 g/mol. The zero-order chi connectivity index (χ0) is 18.2. The Morgan fingerprint density at radius 1 is 0.727 bits per heavy atom. The maximum Gasteiger partial charge on any atom is 0.453 e.